The van der Waals surface area contributed by atoms with Crippen molar-refractivity contribution in [2.24, 2.45) is 11.5 Å². The molecule has 3 aromatic rings. The number of rotatable bonds is 20. The van der Waals surface area contributed by atoms with E-state index < -0.39 is 109 Å². The van der Waals surface area contributed by atoms with Gasteiger partial charge in [0.25, 0.3) is 0 Å². The second-order valence-electron chi connectivity index (χ2n) is 16.3. The number of carboxylic acid groups (broad SMARTS) is 6. The molecular weight excluding hydrogens is 812 g/mol. The van der Waals surface area contributed by atoms with Gasteiger partial charge in [-0.3, -0.25) is 48.3 Å². The lowest BCUT2D eigenvalue weighted by atomic mass is 9.68. The molecule has 20 heteroatoms. The summed E-state index contributed by atoms with van der Waals surface area (Å²) in [4.78, 5) is 115. The van der Waals surface area contributed by atoms with Crippen molar-refractivity contribution < 1.29 is 69.0 Å². The maximum absolute atomic E-state index is 12.8. The van der Waals surface area contributed by atoms with E-state index in [0.717, 1.165) is 0 Å². The molecule has 0 unspecified atom stereocenters. The first kappa shape index (κ1) is 46.0. The Bertz CT molecular complexity index is 2540. The normalized spacial score (nSPS) is 19.5. The maximum atomic E-state index is 12.8. The van der Waals surface area contributed by atoms with Crippen molar-refractivity contribution in [3.63, 3.8) is 0 Å². The second kappa shape index (κ2) is 18.2. The molecule has 2 aliphatic heterocycles. The smallest absolute Gasteiger partial charge is 0.307 e. The van der Waals surface area contributed by atoms with Gasteiger partial charge in [0.05, 0.1) is 12.8 Å². The molecule has 0 fully saturated rings. The number of nitrogens with one attached hydrogen (secondary N) is 2. The van der Waals surface area contributed by atoms with Crippen molar-refractivity contribution in [2.45, 2.75) is 114 Å². The number of aryl methyl sites for hydroxylation is 2. The van der Waals surface area contributed by atoms with Gasteiger partial charge in [-0.15, -0.1) is 0 Å². The highest BCUT2D eigenvalue weighted by atomic mass is 16.4. The minimum Gasteiger partial charge on any atom is -0.481 e. The Hall–Kier alpha value is -7.12. The van der Waals surface area contributed by atoms with Crippen LogP contribution in [0.5, 0.6) is 0 Å². The molecule has 12 N–H and O–H groups in total. The molecule has 8 bridgehead atoms. The number of carboxylic acids is 6. The first-order chi connectivity index (χ1) is 29.0. The van der Waals surface area contributed by atoms with Gasteiger partial charge in [0.2, 0.25) is 11.8 Å². The summed E-state index contributed by atoms with van der Waals surface area (Å²) in [5.74, 6) is -10.6. The Morgan fingerprint density at radius 3 is 1.24 bits per heavy atom. The van der Waals surface area contributed by atoms with E-state index >= 15 is 0 Å². The van der Waals surface area contributed by atoms with E-state index in [4.69, 9.17) is 21.4 Å². The van der Waals surface area contributed by atoms with Crippen LogP contribution in [0.1, 0.15) is 122 Å². The maximum Gasteiger partial charge on any atom is 0.307 e. The number of H-pyrrole nitrogens is 2. The second-order valence-corrected chi connectivity index (χ2v) is 16.3. The van der Waals surface area contributed by atoms with Gasteiger partial charge in [0.15, 0.2) is 0 Å². The Kier molecular flexibility index (Phi) is 13.5. The van der Waals surface area contributed by atoms with Crippen molar-refractivity contribution in [3.8, 4) is 0 Å². The quantitative estimate of drug-likeness (QED) is 0.0780. The molecule has 3 aromatic heterocycles. The molecule has 20 nitrogen and oxygen atoms in total. The summed E-state index contributed by atoms with van der Waals surface area (Å²) in [6.07, 6.45) is -4.25. The Morgan fingerprint density at radius 1 is 0.516 bits per heavy atom. The molecule has 0 aromatic carbocycles. The number of hydrogen-bond donors (Lipinski definition) is 10. The van der Waals surface area contributed by atoms with E-state index in [2.05, 4.69) is 9.97 Å². The highest BCUT2D eigenvalue weighted by Gasteiger charge is 2.48. The van der Waals surface area contributed by atoms with Crippen molar-refractivity contribution in [3.05, 3.63) is 69.3 Å². The van der Waals surface area contributed by atoms with Gasteiger partial charge in [-0.25, -0.2) is 0 Å². The minimum atomic E-state index is -1.35. The minimum absolute atomic E-state index is 0.0880. The lowest BCUT2D eigenvalue weighted by molar-refractivity contribution is -0.138. The zero-order chi connectivity index (χ0) is 45.8. The average molecular weight is 861 g/mol. The molecule has 5 heterocycles. The number of hydrogen-bond acceptors (Lipinski definition) is 10. The predicted molar refractivity (Wildman–Crippen MR) is 217 cm³/mol. The van der Waals surface area contributed by atoms with Gasteiger partial charge in [-0.05, 0) is 72.2 Å². The van der Waals surface area contributed by atoms with Crippen LogP contribution in [0, 0.1) is 0 Å². The lowest BCUT2D eigenvalue weighted by Gasteiger charge is -2.32. The molecular formula is C42H48N6O14. The van der Waals surface area contributed by atoms with Gasteiger partial charge in [0.1, 0.15) is 0 Å². The number of nitrogens with zero attached hydrogens (tertiary/aromatic N) is 2. The number of aliphatic carboxylic acids is 6. The SMILES string of the molecule is C[C@@]1(CC(N)=O)c2cc3nc(cc4[nH]c(cc5[nH]c(cc(n2)[C@H]1CCC(=O)O)c(CC(=O)O)c5CCC(=O)O)c(CCC(=O)O)c4CC(=O)O)[C@@](C)(CC(N)=O)[C@@H]3CCC(=O)O. The standard InChI is InChI=1S/C42H48N6O14/c1-41(17-33(43)49)23(5-9-37(55)56)29-14-27-21(11-39(59)60)19(3-7-35(51)52)25(45-27)13-26-20(4-8-36(53)54)22(12-40(61)62)28(46-26)15-31-42(2,18-34(44)50)24(6-10-38(57)58)30(48-31)16-32(41)47-29/h13-16,23-24,45-46H,3-12,17-18H2,1-2H3,(H2,43,49)(H2,44,50)(H,51,52)(H,53,54)(H,55,56)(H,57,58)(H,59,60)(H,61,62)/t23-,24-,41+,42+/m1/s1. The number of primary amides is 2. The zero-order valence-corrected chi connectivity index (χ0v) is 33.9. The summed E-state index contributed by atoms with van der Waals surface area (Å²) in [5.41, 5.74) is 11.1. The van der Waals surface area contributed by atoms with E-state index in [9.17, 15) is 69.0 Å². The largest absolute Gasteiger partial charge is 0.481 e. The molecule has 0 saturated heterocycles. The number of fused-ring (bicyclic) bond motifs is 8. The van der Waals surface area contributed by atoms with Crippen molar-refractivity contribution in [1.29, 1.82) is 0 Å². The van der Waals surface area contributed by atoms with Gasteiger partial charge < -0.3 is 52.1 Å². The molecule has 0 spiro atoms. The van der Waals surface area contributed by atoms with Crippen molar-refractivity contribution >= 4 is 69.7 Å². The van der Waals surface area contributed by atoms with Crippen LogP contribution in [0.2, 0.25) is 0 Å². The predicted octanol–water partition coefficient (Wildman–Crippen LogP) is 3.17. The third kappa shape index (κ3) is 10.1. The molecule has 5 rings (SSSR count). The van der Waals surface area contributed by atoms with E-state index in [0.29, 0.717) is 0 Å². The third-order valence-corrected chi connectivity index (χ3v) is 11.8. The summed E-state index contributed by atoms with van der Waals surface area (Å²) in [5, 5.41) is 59.3. The first-order valence-corrected chi connectivity index (χ1v) is 19.7. The molecule has 62 heavy (non-hydrogen) atoms. The van der Waals surface area contributed by atoms with E-state index in [-0.39, 0.29) is 106 Å². The van der Waals surface area contributed by atoms with Gasteiger partial charge in [0, 0.05) is 106 Å². The van der Waals surface area contributed by atoms with E-state index in [1.54, 1.807) is 13.8 Å². The van der Waals surface area contributed by atoms with Crippen LogP contribution in [-0.4, -0.2) is 98.2 Å². The van der Waals surface area contributed by atoms with Crippen molar-refractivity contribution in [1.82, 2.24) is 19.9 Å². The zero-order valence-electron chi connectivity index (χ0n) is 33.9. The molecule has 2 aliphatic rings. The first-order valence-electron chi connectivity index (χ1n) is 19.7. The fourth-order valence-electron chi connectivity index (χ4n) is 9.02. The molecule has 0 aliphatic carbocycles. The Morgan fingerprint density at radius 2 is 0.871 bits per heavy atom. The Labute approximate surface area is 352 Å². The van der Waals surface area contributed by atoms with E-state index in [1.807, 2.05) is 0 Å². The Balaban J connectivity index is 2.11. The van der Waals surface area contributed by atoms with Crippen LogP contribution in [0.25, 0.3) is 22.1 Å². The molecule has 0 saturated carbocycles. The molecule has 4 atom stereocenters. The molecule has 330 valence electrons. The van der Waals surface area contributed by atoms with Crippen LogP contribution in [-0.2, 0) is 74.9 Å². The third-order valence-electron chi connectivity index (χ3n) is 11.8. The highest BCUT2D eigenvalue weighted by molar-refractivity contribution is 5.86. The summed E-state index contributed by atoms with van der Waals surface area (Å²) < 4.78 is 0. The van der Waals surface area contributed by atoms with Gasteiger partial charge in [-0.2, -0.15) is 0 Å². The van der Waals surface area contributed by atoms with Crippen LogP contribution in [0.4, 0.5) is 0 Å². The number of carbonyl (C=O) groups is 8. The summed E-state index contributed by atoms with van der Waals surface area (Å²) in [7, 11) is 0. The molecule has 0 radical (unpaired) electrons. The molecule has 2 amide bonds. The number of carbonyl (C=O) groups excluding carboxylic acids is 2. The van der Waals surface area contributed by atoms with Crippen LogP contribution >= 0.6 is 0 Å². The van der Waals surface area contributed by atoms with Gasteiger partial charge in [-0.1, -0.05) is 13.8 Å². The number of aromatic nitrogens is 4. The fourth-order valence-corrected chi connectivity index (χ4v) is 9.02. The lowest BCUT2D eigenvalue weighted by Crippen LogP contribution is -2.34. The highest BCUT2D eigenvalue weighted by Crippen LogP contribution is 2.51. The fraction of sp³-hybridized carbons (Fsp3) is 0.429. The summed E-state index contributed by atoms with van der Waals surface area (Å²) in [6, 6.07) is 5.97. The summed E-state index contributed by atoms with van der Waals surface area (Å²) >= 11 is 0. The van der Waals surface area contributed by atoms with Crippen LogP contribution in [0.3, 0.4) is 0 Å². The van der Waals surface area contributed by atoms with E-state index in [1.165, 1.54) is 24.3 Å². The number of aromatic amines is 2. The topological polar surface area (TPSA) is 367 Å². The van der Waals surface area contributed by atoms with Crippen LogP contribution in [0.15, 0.2) is 24.3 Å². The number of nitrogens with two attached hydrogens (primary N) is 2. The van der Waals surface area contributed by atoms with Gasteiger partial charge >= 0.3 is 35.8 Å². The van der Waals surface area contributed by atoms with Crippen molar-refractivity contribution in [2.75, 3.05) is 0 Å². The number of amides is 2. The average Bonchev–Trinajstić information content (AvgIpc) is 3.77. The monoisotopic (exact) mass is 860 g/mol. The summed E-state index contributed by atoms with van der Waals surface area (Å²) in [6.45, 7) is 3.29. The van der Waals surface area contributed by atoms with Crippen LogP contribution < -0.4 is 11.5 Å².